The summed E-state index contributed by atoms with van der Waals surface area (Å²) < 4.78 is 0. The van der Waals surface area contributed by atoms with Crippen LogP contribution in [-0.2, 0) is 0 Å². The number of hydrogen-bond donors (Lipinski definition) is 0. The van der Waals surface area contributed by atoms with E-state index in [0.717, 1.165) is 11.4 Å². The van der Waals surface area contributed by atoms with Gasteiger partial charge < -0.3 is 0 Å². The summed E-state index contributed by atoms with van der Waals surface area (Å²) in [5.41, 5.74) is 1.87. The summed E-state index contributed by atoms with van der Waals surface area (Å²) in [4.78, 5) is 8.20. The lowest BCUT2D eigenvalue weighted by atomic mass is 10.4. The Morgan fingerprint density at radius 3 is 2.80 bits per heavy atom. The Morgan fingerprint density at radius 1 is 1.40 bits per heavy atom. The molecule has 0 aromatic carbocycles. The SMILES string of the molecule is CC=Cc1cncc(C)n1. The summed E-state index contributed by atoms with van der Waals surface area (Å²) in [5.74, 6) is 0. The molecule has 0 aliphatic carbocycles. The number of hydrogen-bond acceptors (Lipinski definition) is 2. The highest BCUT2D eigenvalue weighted by molar-refractivity contribution is 5.42. The summed E-state index contributed by atoms with van der Waals surface area (Å²) in [6.45, 7) is 3.89. The molecule has 1 aromatic heterocycles. The van der Waals surface area contributed by atoms with Crippen molar-refractivity contribution in [2.45, 2.75) is 13.8 Å². The molecule has 0 radical (unpaired) electrons. The van der Waals surface area contributed by atoms with Gasteiger partial charge in [0.25, 0.3) is 0 Å². The van der Waals surface area contributed by atoms with Crippen LogP contribution in [0.15, 0.2) is 18.5 Å². The highest BCUT2D eigenvalue weighted by atomic mass is 14.8. The van der Waals surface area contributed by atoms with Crippen LogP contribution in [-0.4, -0.2) is 9.97 Å². The van der Waals surface area contributed by atoms with Gasteiger partial charge in [0.05, 0.1) is 17.6 Å². The molecule has 10 heavy (non-hydrogen) atoms. The summed E-state index contributed by atoms with van der Waals surface area (Å²) in [7, 11) is 0. The molecular weight excluding hydrogens is 124 g/mol. The third-order valence-corrected chi connectivity index (χ3v) is 1.11. The van der Waals surface area contributed by atoms with E-state index in [4.69, 9.17) is 0 Å². The number of allylic oxidation sites excluding steroid dienone is 1. The minimum atomic E-state index is 0.919. The van der Waals surface area contributed by atoms with Crippen molar-refractivity contribution in [1.82, 2.24) is 9.97 Å². The van der Waals surface area contributed by atoms with Crippen LogP contribution in [0.5, 0.6) is 0 Å². The van der Waals surface area contributed by atoms with Crippen molar-refractivity contribution >= 4 is 6.08 Å². The predicted octanol–water partition coefficient (Wildman–Crippen LogP) is 1.82. The molecule has 52 valence electrons. The summed E-state index contributed by atoms with van der Waals surface area (Å²) in [5, 5.41) is 0. The molecule has 0 amide bonds. The van der Waals surface area contributed by atoms with E-state index >= 15 is 0 Å². The lowest BCUT2D eigenvalue weighted by molar-refractivity contribution is 1.10. The Balaban J connectivity index is 2.95. The molecule has 0 fully saturated rings. The molecule has 0 spiro atoms. The van der Waals surface area contributed by atoms with Crippen molar-refractivity contribution < 1.29 is 0 Å². The second-order valence-corrected chi connectivity index (χ2v) is 2.09. The first-order chi connectivity index (χ1) is 4.83. The fraction of sp³-hybridized carbons (Fsp3) is 0.250. The van der Waals surface area contributed by atoms with Gasteiger partial charge in [-0.3, -0.25) is 9.97 Å². The standard InChI is InChI=1S/C8H10N2/c1-3-4-8-6-9-5-7(2)10-8/h3-6H,1-2H3. The van der Waals surface area contributed by atoms with Crippen molar-refractivity contribution in [2.24, 2.45) is 0 Å². The molecule has 0 atom stereocenters. The smallest absolute Gasteiger partial charge is 0.0812 e. The molecule has 2 nitrogen and oxygen atoms in total. The normalized spacial score (nSPS) is 10.6. The number of nitrogens with zero attached hydrogens (tertiary/aromatic N) is 2. The van der Waals surface area contributed by atoms with E-state index in [0.29, 0.717) is 0 Å². The highest BCUT2D eigenvalue weighted by Crippen LogP contribution is 1.96. The fourth-order valence-electron chi connectivity index (χ4n) is 0.734. The molecule has 0 N–H and O–H groups in total. The molecule has 0 bridgehead atoms. The van der Waals surface area contributed by atoms with E-state index in [1.807, 2.05) is 26.0 Å². The van der Waals surface area contributed by atoms with Gasteiger partial charge in [-0.05, 0) is 19.9 Å². The zero-order chi connectivity index (χ0) is 7.40. The van der Waals surface area contributed by atoms with E-state index in [1.165, 1.54) is 0 Å². The van der Waals surface area contributed by atoms with E-state index in [9.17, 15) is 0 Å². The molecule has 1 aromatic rings. The van der Waals surface area contributed by atoms with Gasteiger partial charge in [0, 0.05) is 6.20 Å². The topological polar surface area (TPSA) is 25.8 Å². The maximum atomic E-state index is 4.21. The Kier molecular flexibility index (Phi) is 2.15. The number of rotatable bonds is 1. The lowest BCUT2D eigenvalue weighted by Crippen LogP contribution is -1.85. The van der Waals surface area contributed by atoms with Crippen molar-refractivity contribution in [3.63, 3.8) is 0 Å². The summed E-state index contributed by atoms with van der Waals surface area (Å²) in [6.07, 6.45) is 7.36. The monoisotopic (exact) mass is 134 g/mol. The average Bonchev–Trinajstić information content (AvgIpc) is 1.88. The fourth-order valence-corrected chi connectivity index (χ4v) is 0.734. The van der Waals surface area contributed by atoms with Crippen molar-refractivity contribution in [3.05, 3.63) is 29.9 Å². The summed E-state index contributed by atoms with van der Waals surface area (Å²) in [6, 6.07) is 0. The molecule has 2 heteroatoms. The van der Waals surface area contributed by atoms with Crippen LogP contribution in [0.25, 0.3) is 6.08 Å². The minimum absolute atomic E-state index is 0.919. The van der Waals surface area contributed by atoms with Crippen LogP contribution in [0.2, 0.25) is 0 Å². The Bertz CT molecular complexity index is 241. The average molecular weight is 134 g/mol. The Hall–Kier alpha value is -1.18. The number of aryl methyl sites for hydroxylation is 1. The molecule has 0 aliphatic heterocycles. The van der Waals surface area contributed by atoms with Gasteiger partial charge >= 0.3 is 0 Å². The molecule has 0 saturated carbocycles. The van der Waals surface area contributed by atoms with Crippen LogP contribution in [0, 0.1) is 6.92 Å². The zero-order valence-corrected chi connectivity index (χ0v) is 6.20. The largest absolute Gasteiger partial charge is 0.261 e. The van der Waals surface area contributed by atoms with E-state index in [1.54, 1.807) is 12.4 Å². The van der Waals surface area contributed by atoms with E-state index < -0.39 is 0 Å². The van der Waals surface area contributed by atoms with Gasteiger partial charge in [-0.25, -0.2) is 0 Å². The quantitative estimate of drug-likeness (QED) is 0.585. The third kappa shape index (κ3) is 1.65. The van der Waals surface area contributed by atoms with Gasteiger partial charge in [-0.1, -0.05) is 6.08 Å². The van der Waals surface area contributed by atoms with E-state index in [2.05, 4.69) is 9.97 Å². The first-order valence-corrected chi connectivity index (χ1v) is 3.24. The molecular formula is C8H10N2. The molecule has 0 aliphatic rings. The van der Waals surface area contributed by atoms with Crippen LogP contribution in [0.4, 0.5) is 0 Å². The predicted molar refractivity (Wildman–Crippen MR) is 41.5 cm³/mol. The lowest BCUT2D eigenvalue weighted by Gasteiger charge is -1.91. The Labute approximate surface area is 60.6 Å². The second kappa shape index (κ2) is 3.11. The number of aromatic nitrogens is 2. The first kappa shape index (κ1) is 6.93. The van der Waals surface area contributed by atoms with Gasteiger partial charge in [-0.2, -0.15) is 0 Å². The van der Waals surface area contributed by atoms with Crippen molar-refractivity contribution in [1.29, 1.82) is 0 Å². The van der Waals surface area contributed by atoms with Crippen molar-refractivity contribution in [2.75, 3.05) is 0 Å². The van der Waals surface area contributed by atoms with Crippen LogP contribution < -0.4 is 0 Å². The van der Waals surface area contributed by atoms with Gasteiger partial charge in [0.2, 0.25) is 0 Å². The Morgan fingerprint density at radius 2 is 2.20 bits per heavy atom. The van der Waals surface area contributed by atoms with Crippen LogP contribution in [0.1, 0.15) is 18.3 Å². The molecule has 1 rings (SSSR count). The zero-order valence-electron chi connectivity index (χ0n) is 6.20. The van der Waals surface area contributed by atoms with Gasteiger partial charge in [-0.15, -0.1) is 0 Å². The maximum absolute atomic E-state index is 4.21. The second-order valence-electron chi connectivity index (χ2n) is 2.09. The van der Waals surface area contributed by atoms with Gasteiger partial charge in [0.15, 0.2) is 0 Å². The molecule has 0 saturated heterocycles. The minimum Gasteiger partial charge on any atom is -0.261 e. The summed E-state index contributed by atoms with van der Waals surface area (Å²) >= 11 is 0. The maximum Gasteiger partial charge on any atom is 0.0812 e. The van der Waals surface area contributed by atoms with E-state index in [-0.39, 0.29) is 0 Å². The van der Waals surface area contributed by atoms with Crippen molar-refractivity contribution in [3.8, 4) is 0 Å². The third-order valence-electron chi connectivity index (χ3n) is 1.11. The first-order valence-electron chi connectivity index (χ1n) is 3.24. The molecule has 1 heterocycles. The van der Waals surface area contributed by atoms with Crippen LogP contribution >= 0.6 is 0 Å². The highest BCUT2D eigenvalue weighted by Gasteiger charge is 1.87. The molecule has 0 unspecified atom stereocenters. The van der Waals surface area contributed by atoms with Crippen LogP contribution in [0.3, 0.4) is 0 Å². The van der Waals surface area contributed by atoms with Gasteiger partial charge in [0.1, 0.15) is 0 Å².